The van der Waals surface area contributed by atoms with Gasteiger partial charge in [-0.25, -0.2) is 9.59 Å². The summed E-state index contributed by atoms with van der Waals surface area (Å²) in [6, 6.07) is 0. The number of carboxylic acid groups (broad SMARTS) is 2. The van der Waals surface area contributed by atoms with Crippen molar-refractivity contribution >= 4 is 23.4 Å². The van der Waals surface area contributed by atoms with Gasteiger partial charge in [-0.1, -0.05) is 38.3 Å². The molecule has 4 fully saturated rings. The molecule has 0 amide bonds. The number of ketones is 1. The van der Waals surface area contributed by atoms with E-state index in [1.807, 2.05) is 0 Å². The quantitative estimate of drug-likeness (QED) is 0.167. The van der Waals surface area contributed by atoms with Crippen LogP contribution >= 0.6 is 0 Å². The number of Topliss-reactive ketones (excluding diaryl/α,β-unsaturated/α-hetero) is 1. The Balaban J connectivity index is 0.000000392. The predicted molar refractivity (Wildman–Crippen MR) is 137 cm³/mol. The minimum absolute atomic E-state index is 0.106. The van der Waals surface area contributed by atoms with Crippen molar-refractivity contribution in [1.82, 2.24) is 0 Å². The average Bonchev–Trinajstić information content (AvgIpc) is 3.15. The molecule has 0 aromatic rings. The van der Waals surface area contributed by atoms with Crippen LogP contribution in [0.2, 0.25) is 0 Å². The molecule has 5 N–H and O–H groups in total. The number of oxime groups is 1. The molecule has 4 saturated carbocycles. The van der Waals surface area contributed by atoms with E-state index in [2.05, 4.69) is 19.0 Å². The number of unbranched alkanes of at least 4 members (excludes halogenated alkanes) is 2. The summed E-state index contributed by atoms with van der Waals surface area (Å²) in [7, 11) is 0. The molecule has 8 heteroatoms. The van der Waals surface area contributed by atoms with Gasteiger partial charge in [0.2, 0.25) is 0 Å². The largest absolute Gasteiger partial charge is 0.478 e. The van der Waals surface area contributed by atoms with E-state index in [0.29, 0.717) is 41.6 Å². The van der Waals surface area contributed by atoms with Crippen LogP contribution in [-0.4, -0.2) is 45.4 Å². The van der Waals surface area contributed by atoms with Gasteiger partial charge < -0.3 is 21.2 Å². The fourth-order valence-corrected chi connectivity index (χ4v) is 8.19. The van der Waals surface area contributed by atoms with Gasteiger partial charge >= 0.3 is 11.9 Å². The summed E-state index contributed by atoms with van der Waals surface area (Å²) in [5, 5.41) is 29.4. The lowest BCUT2D eigenvalue weighted by Crippen LogP contribution is -2.56. The van der Waals surface area contributed by atoms with Gasteiger partial charge in [0.1, 0.15) is 5.78 Å². The summed E-state index contributed by atoms with van der Waals surface area (Å²) >= 11 is 0. The van der Waals surface area contributed by atoms with E-state index >= 15 is 0 Å². The number of carboxylic acids is 2. The molecular formula is C28H44N2O6. The molecule has 0 spiro atoms. The topological polar surface area (TPSA) is 150 Å². The number of aliphatic carboxylic acids is 2. The molecule has 0 aliphatic heterocycles. The zero-order valence-electron chi connectivity index (χ0n) is 21.8. The normalized spacial score (nSPS) is 38.6. The van der Waals surface area contributed by atoms with Crippen LogP contribution in [0, 0.1) is 40.4 Å². The van der Waals surface area contributed by atoms with Crippen molar-refractivity contribution in [2.24, 2.45) is 51.3 Å². The highest BCUT2D eigenvalue weighted by Gasteiger charge is 2.61. The van der Waals surface area contributed by atoms with Crippen molar-refractivity contribution < 1.29 is 29.8 Å². The van der Waals surface area contributed by atoms with E-state index in [4.69, 9.17) is 15.9 Å². The Morgan fingerprint density at radius 1 is 1.03 bits per heavy atom. The van der Waals surface area contributed by atoms with Crippen LogP contribution in [0.4, 0.5) is 0 Å². The molecule has 4 aliphatic rings. The van der Waals surface area contributed by atoms with Gasteiger partial charge in [-0.05, 0) is 87.0 Å². The van der Waals surface area contributed by atoms with E-state index in [1.165, 1.54) is 44.9 Å². The van der Waals surface area contributed by atoms with Crippen LogP contribution in [-0.2, 0) is 14.4 Å². The number of hydrogen-bond acceptors (Lipinski definition) is 6. The van der Waals surface area contributed by atoms with Gasteiger partial charge in [-0.2, -0.15) is 0 Å². The van der Waals surface area contributed by atoms with E-state index in [0.717, 1.165) is 50.3 Å². The SMILES string of the molecule is C[C@]12CC[C@H](CCCCCN)CC1/C(=N/O)C[C@@H]1[C@@H]2CC[C@]2(C)C(=O)CC[C@@H]12.O=C(O)/C=C/C(=O)O. The highest BCUT2D eigenvalue weighted by Crippen LogP contribution is 2.65. The van der Waals surface area contributed by atoms with Crippen molar-refractivity contribution in [2.75, 3.05) is 6.54 Å². The van der Waals surface area contributed by atoms with E-state index in [-0.39, 0.29) is 10.8 Å². The number of rotatable bonds is 7. The van der Waals surface area contributed by atoms with Crippen molar-refractivity contribution in [1.29, 1.82) is 0 Å². The molecule has 0 aromatic carbocycles. The van der Waals surface area contributed by atoms with Gasteiger partial charge in [-0.15, -0.1) is 0 Å². The number of carbonyl (C=O) groups excluding carboxylic acids is 1. The number of fused-ring (bicyclic) bond motifs is 5. The van der Waals surface area contributed by atoms with Gasteiger partial charge in [0.25, 0.3) is 0 Å². The summed E-state index contributed by atoms with van der Waals surface area (Å²) in [5.41, 5.74) is 6.84. The lowest BCUT2D eigenvalue weighted by Gasteiger charge is -2.60. The Morgan fingerprint density at radius 2 is 1.72 bits per heavy atom. The lowest BCUT2D eigenvalue weighted by molar-refractivity contribution is -0.134. The Hall–Kier alpha value is -2.22. The Morgan fingerprint density at radius 3 is 2.33 bits per heavy atom. The number of nitrogens with zero attached hydrogens (tertiary/aromatic N) is 1. The molecule has 0 radical (unpaired) electrons. The van der Waals surface area contributed by atoms with Crippen LogP contribution in [0.25, 0.3) is 0 Å². The molecule has 8 nitrogen and oxygen atoms in total. The van der Waals surface area contributed by atoms with Crippen LogP contribution in [0.5, 0.6) is 0 Å². The minimum atomic E-state index is -1.26. The molecule has 0 bridgehead atoms. The third-order valence-electron chi connectivity index (χ3n) is 10.1. The molecule has 4 rings (SSSR count). The second kappa shape index (κ2) is 11.9. The lowest BCUT2D eigenvalue weighted by atomic mass is 9.44. The highest BCUT2D eigenvalue weighted by atomic mass is 16.4. The maximum Gasteiger partial charge on any atom is 0.328 e. The molecule has 36 heavy (non-hydrogen) atoms. The molecule has 1 unspecified atom stereocenters. The number of hydrogen-bond donors (Lipinski definition) is 4. The summed E-state index contributed by atoms with van der Waals surface area (Å²) in [5.74, 6) is 0.928. The minimum Gasteiger partial charge on any atom is -0.478 e. The van der Waals surface area contributed by atoms with Crippen LogP contribution in [0.1, 0.15) is 90.9 Å². The zero-order valence-corrected chi connectivity index (χ0v) is 21.8. The molecule has 0 heterocycles. The van der Waals surface area contributed by atoms with Crippen molar-refractivity contribution in [2.45, 2.75) is 90.9 Å². The monoisotopic (exact) mass is 504 g/mol. The number of carbonyl (C=O) groups is 3. The first kappa shape index (κ1) is 28.4. The maximum absolute atomic E-state index is 12.6. The van der Waals surface area contributed by atoms with Crippen LogP contribution in [0.15, 0.2) is 17.3 Å². The summed E-state index contributed by atoms with van der Waals surface area (Å²) < 4.78 is 0. The second-order valence-corrected chi connectivity index (χ2v) is 11.9. The Bertz CT molecular complexity index is 869. The molecule has 7 atom stereocenters. The Kier molecular flexibility index (Phi) is 9.36. The van der Waals surface area contributed by atoms with E-state index < -0.39 is 11.9 Å². The number of nitrogens with two attached hydrogens (primary N) is 1. The standard InChI is InChI=1S/C24H40N2O2.C4H4O4/c1-23-11-9-16(6-4-3-5-13-25)14-20(23)21(26-28)15-17-18-7-8-22(27)24(18,2)12-10-19(17)23;5-3(6)1-2-4(7)8/h16-20,28H,3-15,25H2,1-2H3;1-2H,(H,5,6)(H,7,8)/b26-21+;2-1+/t16-,17-,18-,19-,20?,23+,24-;/m0./s1. The van der Waals surface area contributed by atoms with E-state index in [1.54, 1.807) is 0 Å². The predicted octanol–water partition coefficient (Wildman–Crippen LogP) is 4.89. The van der Waals surface area contributed by atoms with Gasteiger partial charge in [-0.3, -0.25) is 4.79 Å². The first-order chi connectivity index (χ1) is 17.1. The molecular weight excluding hydrogens is 460 g/mol. The van der Waals surface area contributed by atoms with Crippen molar-refractivity contribution in [3.63, 3.8) is 0 Å². The van der Waals surface area contributed by atoms with Gasteiger partial charge in [0.15, 0.2) is 0 Å². The van der Waals surface area contributed by atoms with Crippen LogP contribution in [0.3, 0.4) is 0 Å². The van der Waals surface area contributed by atoms with Crippen molar-refractivity contribution in [3.8, 4) is 0 Å². The van der Waals surface area contributed by atoms with Crippen LogP contribution < -0.4 is 5.73 Å². The van der Waals surface area contributed by atoms with Gasteiger partial charge in [0, 0.05) is 29.9 Å². The third kappa shape index (κ3) is 5.84. The fraction of sp³-hybridized carbons (Fsp3) is 0.786. The molecule has 202 valence electrons. The first-order valence-corrected chi connectivity index (χ1v) is 13.6. The molecule has 4 aliphatic carbocycles. The van der Waals surface area contributed by atoms with Crippen molar-refractivity contribution in [3.05, 3.63) is 12.2 Å². The molecule has 0 aromatic heterocycles. The van der Waals surface area contributed by atoms with Gasteiger partial charge in [0.05, 0.1) is 5.71 Å². The van der Waals surface area contributed by atoms with E-state index in [9.17, 15) is 19.6 Å². The third-order valence-corrected chi connectivity index (χ3v) is 10.1. The fourth-order valence-electron chi connectivity index (χ4n) is 8.19. The second-order valence-electron chi connectivity index (χ2n) is 11.9. The summed E-state index contributed by atoms with van der Waals surface area (Å²) in [6.07, 6.45) is 14.9. The average molecular weight is 505 g/mol. The zero-order chi connectivity index (χ0) is 26.5. The molecule has 0 saturated heterocycles. The summed E-state index contributed by atoms with van der Waals surface area (Å²) in [6.45, 7) is 5.52. The Labute approximate surface area is 214 Å². The first-order valence-electron chi connectivity index (χ1n) is 13.6. The highest BCUT2D eigenvalue weighted by molar-refractivity contribution is 5.90. The maximum atomic E-state index is 12.6. The summed E-state index contributed by atoms with van der Waals surface area (Å²) in [4.78, 5) is 31.7. The smallest absolute Gasteiger partial charge is 0.328 e.